The fraction of sp³-hybridized carbons (Fsp3) is 0.357. The van der Waals surface area contributed by atoms with Crippen molar-refractivity contribution in [1.29, 1.82) is 5.26 Å². The molecule has 0 aliphatic carbocycles. The summed E-state index contributed by atoms with van der Waals surface area (Å²) in [6.07, 6.45) is 2.87. The predicted molar refractivity (Wildman–Crippen MR) is 143 cm³/mol. The Hall–Kier alpha value is -3.83. The predicted octanol–water partition coefficient (Wildman–Crippen LogP) is 5.60. The molecule has 1 N–H and O–H groups in total. The lowest BCUT2D eigenvalue weighted by atomic mass is 9.99. The Balaban J connectivity index is 1.32. The van der Waals surface area contributed by atoms with Gasteiger partial charge in [0.25, 0.3) is 0 Å². The molecule has 0 atom stereocenters. The maximum absolute atomic E-state index is 12.6. The van der Waals surface area contributed by atoms with Gasteiger partial charge in [-0.25, -0.2) is 14.8 Å². The van der Waals surface area contributed by atoms with E-state index < -0.39 is 5.60 Å². The number of fused-ring (bicyclic) bond motifs is 2. The van der Waals surface area contributed by atoms with E-state index >= 15 is 0 Å². The number of ether oxygens (including phenoxy) is 1. The van der Waals surface area contributed by atoms with Gasteiger partial charge in [0, 0.05) is 36.6 Å². The van der Waals surface area contributed by atoms with Gasteiger partial charge in [-0.1, -0.05) is 17.7 Å². The summed E-state index contributed by atoms with van der Waals surface area (Å²) < 4.78 is 5.57. The summed E-state index contributed by atoms with van der Waals surface area (Å²) >= 11 is 6.26. The average Bonchev–Trinajstić information content (AvgIpc) is 2.87. The topological polar surface area (TPSA) is 94.4 Å². The summed E-state index contributed by atoms with van der Waals surface area (Å²) in [5, 5.41) is 13.1. The van der Waals surface area contributed by atoms with Gasteiger partial charge >= 0.3 is 6.09 Å². The summed E-state index contributed by atoms with van der Waals surface area (Å²) in [6.45, 7) is 8.22. The SMILES string of the molecule is CC(C)(C)OC(=O)N1CCc2ccc(Nc3ncnc4c3CCN(c3ccc(C#N)c(Cl)c3)C4)cc2C1. The van der Waals surface area contributed by atoms with Crippen LogP contribution in [0.3, 0.4) is 0 Å². The molecule has 2 aliphatic rings. The second kappa shape index (κ2) is 9.91. The standard InChI is InChI=1S/C28H29ClN6O2/c1-28(2,3)37-27(36)35-10-8-18-4-6-21(12-20(18)15-35)33-26-23-9-11-34(16-25(23)31-17-32-26)22-7-5-19(14-30)24(29)13-22/h4-7,12-13,17H,8-11,15-16H2,1-3H3,(H,31,32,33). The number of hydrogen-bond acceptors (Lipinski definition) is 7. The molecule has 1 aromatic heterocycles. The Morgan fingerprint density at radius 2 is 1.92 bits per heavy atom. The van der Waals surface area contributed by atoms with Crippen LogP contribution in [0.25, 0.3) is 0 Å². The summed E-state index contributed by atoms with van der Waals surface area (Å²) in [7, 11) is 0. The van der Waals surface area contributed by atoms with Crippen molar-refractivity contribution in [3.05, 3.63) is 75.7 Å². The van der Waals surface area contributed by atoms with Gasteiger partial charge in [0.1, 0.15) is 23.8 Å². The number of nitrogens with zero attached hydrogens (tertiary/aromatic N) is 5. The third kappa shape index (κ3) is 5.47. The number of carbonyl (C=O) groups is 1. The molecule has 0 radical (unpaired) electrons. The van der Waals surface area contributed by atoms with E-state index in [-0.39, 0.29) is 6.09 Å². The van der Waals surface area contributed by atoms with Gasteiger partial charge < -0.3 is 19.9 Å². The molecule has 9 heteroatoms. The number of nitriles is 1. The van der Waals surface area contributed by atoms with Gasteiger partial charge in [-0.3, -0.25) is 0 Å². The maximum atomic E-state index is 12.6. The van der Waals surface area contributed by atoms with E-state index in [1.165, 1.54) is 5.56 Å². The molecule has 2 aromatic carbocycles. The van der Waals surface area contributed by atoms with Crippen molar-refractivity contribution in [2.24, 2.45) is 0 Å². The minimum Gasteiger partial charge on any atom is -0.444 e. The number of anilines is 3. The number of hydrogen-bond donors (Lipinski definition) is 1. The third-order valence-corrected chi connectivity index (χ3v) is 6.89. The van der Waals surface area contributed by atoms with E-state index in [1.54, 1.807) is 17.3 Å². The Morgan fingerprint density at radius 1 is 1.08 bits per heavy atom. The van der Waals surface area contributed by atoms with Gasteiger partial charge in [-0.15, -0.1) is 0 Å². The highest BCUT2D eigenvalue weighted by Crippen LogP contribution is 2.31. The number of aromatic nitrogens is 2. The fourth-order valence-corrected chi connectivity index (χ4v) is 4.94. The van der Waals surface area contributed by atoms with Crippen LogP contribution in [0.15, 0.2) is 42.7 Å². The van der Waals surface area contributed by atoms with E-state index in [2.05, 4.69) is 44.5 Å². The van der Waals surface area contributed by atoms with Gasteiger partial charge in [0.05, 0.1) is 22.8 Å². The molecule has 0 fully saturated rings. The zero-order chi connectivity index (χ0) is 26.2. The zero-order valence-corrected chi connectivity index (χ0v) is 22.0. The molecule has 3 heterocycles. The van der Waals surface area contributed by atoms with E-state index in [9.17, 15) is 4.79 Å². The number of nitrogens with one attached hydrogen (secondary N) is 1. The first-order valence-corrected chi connectivity index (χ1v) is 12.7. The van der Waals surface area contributed by atoms with Crippen LogP contribution in [0, 0.1) is 11.3 Å². The maximum Gasteiger partial charge on any atom is 0.410 e. The van der Waals surface area contributed by atoms with Crippen molar-refractivity contribution < 1.29 is 9.53 Å². The molecule has 0 saturated heterocycles. The number of rotatable bonds is 3. The summed E-state index contributed by atoms with van der Waals surface area (Å²) in [5.74, 6) is 0.794. The summed E-state index contributed by atoms with van der Waals surface area (Å²) in [4.78, 5) is 25.6. The van der Waals surface area contributed by atoms with Crippen LogP contribution in [0.2, 0.25) is 5.02 Å². The average molecular weight is 517 g/mol. The van der Waals surface area contributed by atoms with E-state index in [1.807, 2.05) is 32.9 Å². The largest absolute Gasteiger partial charge is 0.444 e. The highest BCUT2D eigenvalue weighted by molar-refractivity contribution is 6.32. The molecule has 0 spiro atoms. The second-order valence-electron chi connectivity index (χ2n) is 10.4. The molecule has 3 aromatic rings. The minimum atomic E-state index is -0.519. The van der Waals surface area contributed by atoms with Gasteiger partial charge in [0.15, 0.2) is 0 Å². The highest BCUT2D eigenvalue weighted by atomic mass is 35.5. The molecule has 0 bridgehead atoms. The van der Waals surface area contributed by atoms with Crippen molar-refractivity contribution in [3.8, 4) is 6.07 Å². The van der Waals surface area contributed by atoms with Crippen LogP contribution in [0.1, 0.15) is 48.7 Å². The first-order valence-electron chi connectivity index (χ1n) is 12.3. The molecule has 0 unspecified atom stereocenters. The smallest absolute Gasteiger partial charge is 0.410 e. The van der Waals surface area contributed by atoms with E-state index in [4.69, 9.17) is 21.6 Å². The van der Waals surface area contributed by atoms with Crippen molar-refractivity contribution in [1.82, 2.24) is 14.9 Å². The fourth-order valence-electron chi connectivity index (χ4n) is 4.73. The zero-order valence-electron chi connectivity index (χ0n) is 21.2. The quantitative estimate of drug-likeness (QED) is 0.484. The number of benzene rings is 2. The third-order valence-electron chi connectivity index (χ3n) is 6.58. The van der Waals surface area contributed by atoms with Crippen LogP contribution < -0.4 is 10.2 Å². The highest BCUT2D eigenvalue weighted by Gasteiger charge is 2.26. The molecule has 8 nitrogen and oxygen atoms in total. The monoisotopic (exact) mass is 516 g/mol. The Labute approximate surface area is 221 Å². The van der Waals surface area contributed by atoms with Gasteiger partial charge in [-0.2, -0.15) is 5.26 Å². The molecular weight excluding hydrogens is 488 g/mol. The molecule has 2 aliphatic heterocycles. The van der Waals surface area contributed by atoms with Gasteiger partial charge in [0.2, 0.25) is 0 Å². The molecule has 0 saturated carbocycles. The first kappa shape index (κ1) is 24.8. The van der Waals surface area contributed by atoms with Crippen molar-refractivity contribution >= 4 is 34.9 Å². The van der Waals surface area contributed by atoms with Gasteiger partial charge in [-0.05, 0) is 75.1 Å². The van der Waals surface area contributed by atoms with E-state index in [0.717, 1.165) is 53.4 Å². The summed E-state index contributed by atoms with van der Waals surface area (Å²) in [5.41, 5.74) is 6.23. The Morgan fingerprint density at radius 3 is 2.68 bits per heavy atom. The number of halogens is 1. The minimum absolute atomic E-state index is 0.283. The Bertz CT molecular complexity index is 1390. The lowest BCUT2D eigenvalue weighted by Gasteiger charge is -2.32. The molecule has 190 valence electrons. The molecule has 1 amide bonds. The molecule has 37 heavy (non-hydrogen) atoms. The lowest BCUT2D eigenvalue weighted by Crippen LogP contribution is -2.39. The second-order valence-corrected chi connectivity index (χ2v) is 10.8. The van der Waals surface area contributed by atoms with Crippen LogP contribution in [-0.4, -0.2) is 39.7 Å². The first-order chi connectivity index (χ1) is 17.7. The molecular formula is C28H29ClN6O2. The number of carbonyl (C=O) groups excluding carboxylic acids is 1. The normalized spacial score (nSPS) is 14.9. The van der Waals surface area contributed by atoms with Crippen molar-refractivity contribution in [3.63, 3.8) is 0 Å². The number of amides is 1. The van der Waals surface area contributed by atoms with Crippen LogP contribution in [0.4, 0.5) is 22.0 Å². The van der Waals surface area contributed by atoms with Crippen LogP contribution in [0.5, 0.6) is 0 Å². The lowest BCUT2D eigenvalue weighted by molar-refractivity contribution is 0.0224. The van der Waals surface area contributed by atoms with Crippen molar-refractivity contribution in [2.45, 2.75) is 52.3 Å². The van der Waals surface area contributed by atoms with Crippen LogP contribution in [-0.2, 0) is 30.7 Å². The van der Waals surface area contributed by atoms with Crippen LogP contribution >= 0.6 is 11.6 Å². The Kier molecular flexibility index (Phi) is 6.65. The van der Waals surface area contributed by atoms with Crippen molar-refractivity contribution in [2.75, 3.05) is 23.3 Å². The van der Waals surface area contributed by atoms with E-state index in [0.29, 0.717) is 30.2 Å². The summed E-state index contributed by atoms with van der Waals surface area (Å²) in [6, 6.07) is 13.9. The molecule has 5 rings (SSSR count).